The van der Waals surface area contributed by atoms with Crippen LogP contribution >= 0.6 is 0 Å². The van der Waals surface area contributed by atoms with Gasteiger partial charge in [0.05, 0.1) is 0 Å². The molecule has 0 saturated heterocycles. The van der Waals surface area contributed by atoms with Crippen LogP contribution in [0.15, 0.2) is 28.7 Å². The summed E-state index contributed by atoms with van der Waals surface area (Å²) in [6.07, 6.45) is 2.23. The Kier molecular flexibility index (Phi) is 3.37. The molecule has 1 aliphatic rings. The minimum Gasteiger partial charge on any atom is -0.460 e. The zero-order valence-corrected chi connectivity index (χ0v) is 13.0. The van der Waals surface area contributed by atoms with Crippen molar-refractivity contribution in [2.45, 2.75) is 52.5 Å². The van der Waals surface area contributed by atoms with Crippen molar-refractivity contribution >= 4 is 11.0 Å². The van der Waals surface area contributed by atoms with Crippen molar-refractivity contribution in [2.75, 3.05) is 6.54 Å². The first-order chi connectivity index (χ1) is 9.59. The molecule has 2 atom stereocenters. The summed E-state index contributed by atoms with van der Waals surface area (Å²) in [5, 5.41) is 4.90. The van der Waals surface area contributed by atoms with Crippen LogP contribution in [0.4, 0.5) is 0 Å². The Labute approximate surface area is 121 Å². The molecule has 0 amide bonds. The Morgan fingerprint density at radius 3 is 2.65 bits per heavy atom. The van der Waals surface area contributed by atoms with E-state index in [1.165, 1.54) is 23.1 Å². The van der Waals surface area contributed by atoms with E-state index in [0.29, 0.717) is 12.0 Å². The Bertz CT molecular complexity index is 611. The van der Waals surface area contributed by atoms with E-state index in [9.17, 15) is 0 Å². The minimum atomic E-state index is 0.272. The molecule has 0 bridgehead atoms. The van der Waals surface area contributed by atoms with Crippen molar-refractivity contribution in [2.24, 2.45) is 5.41 Å². The summed E-state index contributed by atoms with van der Waals surface area (Å²) in [6.45, 7) is 10.2. The molecule has 2 nitrogen and oxygen atoms in total. The predicted molar refractivity (Wildman–Crippen MR) is 84.2 cm³/mol. The summed E-state index contributed by atoms with van der Waals surface area (Å²) in [6, 6.07) is 9.05. The molecule has 0 radical (unpaired) electrons. The molecule has 1 aromatic carbocycles. The van der Waals surface area contributed by atoms with Gasteiger partial charge in [0.15, 0.2) is 0 Å². The molecule has 1 aromatic heterocycles. The molecular weight excluding hydrogens is 246 g/mol. The molecule has 108 valence electrons. The fourth-order valence-corrected chi connectivity index (χ4v) is 3.73. The maximum absolute atomic E-state index is 6.23. The molecule has 2 heteroatoms. The Balaban J connectivity index is 1.99. The normalized spacial score (nSPS) is 24.8. The number of hydrogen-bond donors (Lipinski definition) is 1. The zero-order chi connectivity index (χ0) is 14.3. The van der Waals surface area contributed by atoms with Crippen LogP contribution in [0.5, 0.6) is 0 Å². The van der Waals surface area contributed by atoms with Gasteiger partial charge in [0.1, 0.15) is 11.3 Å². The summed E-state index contributed by atoms with van der Waals surface area (Å²) in [4.78, 5) is 0. The molecule has 1 aliphatic carbocycles. The maximum Gasteiger partial charge on any atom is 0.134 e. The van der Waals surface area contributed by atoms with Crippen molar-refractivity contribution in [1.82, 2.24) is 5.32 Å². The number of hydrogen-bond acceptors (Lipinski definition) is 2. The quantitative estimate of drug-likeness (QED) is 0.886. The van der Waals surface area contributed by atoms with Gasteiger partial charge in [0.25, 0.3) is 0 Å². The summed E-state index contributed by atoms with van der Waals surface area (Å²) in [7, 11) is 0. The van der Waals surface area contributed by atoms with Crippen LogP contribution in [0.1, 0.15) is 51.4 Å². The lowest BCUT2D eigenvalue weighted by atomic mass is 9.57. The molecule has 3 rings (SSSR count). The van der Waals surface area contributed by atoms with Crippen molar-refractivity contribution in [3.8, 4) is 0 Å². The number of fused-ring (bicyclic) bond motifs is 1. The van der Waals surface area contributed by atoms with Gasteiger partial charge in [0, 0.05) is 22.9 Å². The number of benzene rings is 1. The maximum atomic E-state index is 6.23. The number of nitrogens with one attached hydrogen (secondary N) is 1. The van der Waals surface area contributed by atoms with Gasteiger partial charge in [-0.2, -0.15) is 0 Å². The monoisotopic (exact) mass is 271 g/mol. The van der Waals surface area contributed by atoms with E-state index >= 15 is 0 Å². The molecule has 1 heterocycles. The zero-order valence-electron chi connectivity index (χ0n) is 13.0. The molecule has 2 unspecified atom stereocenters. The largest absolute Gasteiger partial charge is 0.460 e. The highest BCUT2D eigenvalue weighted by Crippen LogP contribution is 2.54. The van der Waals surface area contributed by atoms with Gasteiger partial charge in [-0.15, -0.1) is 0 Å². The third-order valence-corrected chi connectivity index (χ3v) is 5.12. The van der Waals surface area contributed by atoms with Crippen LogP contribution in [-0.4, -0.2) is 12.6 Å². The van der Waals surface area contributed by atoms with E-state index in [2.05, 4.69) is 57.3 Å². The van der Waals surface area contributed by atoms with Crippen LogP contribution in [0, 0.1) is 5.41 Å². The van der Waals surface area contributed by atoms with Gasteiger partial charge in [0.2, 0.25) is 0 Å². The fraction of sp³-hybridized carbons (Fsp3) is 0.556. The fourth-order valence-electron chi connectivity index (χ4n) is 3.73. The third kappa shape index (κ3) is 1.89. The van der Waals surface area contributed by atoms with E-state index in [4.69, 9.17) is 4.42 Å². The highest BCUT2D eigenvalue weighted by atomic mass is 16.3. The topological polar surface area (TPSA) is 25.2 Å². The molecule has 2 aromatic rings. The molecule has 0 spiro atoms. The standard InChI is InChI=1S/C18H25NO/c1-5-12-13-9-7-8-10-15(13)20-17(12)14-11-16(19-6-2)18(14,3)4/h7-10,14,16,19H,5-6,11H2,1-4H3. The summed E-state index contributed by atoms with van der Waals surface area (Å²) in [5.74, 6) is 1.77. The van der Waals surface area contributed by atoms with Crippen LogP contribution in [0.2, 0.25) is 0 Å². The molecule has 1 fully saturated rings. The predicted octanol–water partition coefficient (Wildman–Crippen LogP) is 4.49. The highest BCUT2D eigenvalue weighted by molar-refractivity contribution is 5.82. The lowest BCUT2D eigenvalue weighted by molar-refractivity contribution is 0.0572. The molecule has 1 N–H and O–H groups in total. The average molecular weight is 271 g/mol. The van der Waals surface area contributed by atoms with E-state index in [1.54, 1.807) is 0 Å². The highest BCUT2D eigenvalue weighted by Gasteiger charge is 2.50. The van der Waals surface area contributed by atoms with Crippen molar-refractivity contribution < 1.29 is 4.42 Å². The third-order valence-electron chi connectivity index (χ3n) is 5.12. The van der Waals surface area contributed by atoms with E-state index in [0.717, 1.165) is 18.5 Å². The summed E-state index contributed by atoms with van der Waals surface area (Å²) < 4.78 is 6.23. The van der Waals surface area contributed by atoms with Gasteiger partial charge in [-0.05, 0) is 30.9 Å². The van der Waals surface area contributed by atoms with Crippen LogP contribution in [-0.2, 0) is 6.42 Å². The Hall–Kier alpha value is -1.28. The first-order valence-corrected chi connectivity index (χ1v) is 7.83. The van der Waals surface area contributed by atoms with E-state index < -0.39 is 0 Å². The number of aryl methyl sites for hydroxylation is 1. The number of para-hydroxylation sites is 1. The van der Waals surface area contributed by atoms with Crippen molar-refractivity contribution in [3.05, 3.63) is 35.6 Å². The molecule has 20 heavy (non-hydrogen) atoms. The van der Waals surface area contributed by atoms with Crippen LogP contribution < -0.4 is 5.32 Å². The van der Waals surface area contributed by atoms with Gasteiger partial charge < -0.3 is 9.73 Å². The van der Waals surface area contributed by atoms with Gasteiger partial charge >= 0.3 is 0 Å². The Morgan fingerprint density at radius 1 is 1.25 bits per heavy atom. The summed E-state index contributed by atoms with van der Waals surface area (Å²) >= 11 is 0. The first kappa shape index (κ1) is 13.7. The van der Waals surface area contributed by atoms with Crippen LogP contribution in [0.3, 0.4) is 0 Å². The van der Waals surface area contributed by atoms with Gasteiger partial charge in [-0.3, -0.25) is 0 Å². The van der Waals surface area contributed by atoms with Gasteiger partial charge in [-0.1, -0.05) is 45.9 Å². The van der Waals surface area contributed by atoms with Crippen LogP contribution in [0.25, 0.3) is 11.0 Å². The summed E-state index contributed by atoms with van der Waals surface area (Å²) in [5.41, 5.74) is 2.73. The Morgan fingerprint density at radius 2 is 2.00 bits per heavy atom. The number of rotatable bonds is 4. The second kappa shape index (κ2) is 4.92. The lowest BCUT2D eigenvalue weighted by Crippen LogP contribution is -2.55. The average Bonchev–Trinajstić information content (AvgIpc) is 2.80. The molecule has 1 saturated carbocycles. The molecule has 0 aliphatic heterocycles. The lowest BCUT2D eigenvalue weighted by Gasteiger charge is -2.52. The first-order valence-electron chi connectivity index (χ1n) is 7.83. The van der Waals surface area contributed by atoms with Crippen molar-refractivity contribution in [3.63, 3.8) is 0 Å². The minimum absolute atomic E-state index is 0.272. The van der Waals surface area contributed by atoms with Gasteiger partial charge in [-0.25, -0.2) is 0 Å². The second-order valence-corrected chi connectivity index (χ2v) is 6.51. The van der Waals surface area contributed by atoms with E-state index in [-0.39, 0.29) is 5.41 Å². The smallest absolute Gasteiger partial charge is 0.134 e. The molecular formula is C18H25NO. The second-order valence-electron chi connectivity index (χ2n) is 6.51. The SMILES string of the molecule is CCNC1CC(c2oc3ccccc3c2CC)C1(C)C. The van der Waals surface area contributed by atoms with Crippen molar-refractivity contribution in [1.29, 1.82) is 0 Å². The van der Waals surface area contributed by atoms with E-state index in [1.807, 2.05) is 0 Å². The number of furan rings is 1.